The van der Waals surface area contributed by atoms with Crippen LogP contribution in [0, 0.1) is 0 Å². The maximum atomic E-state index is 12.5. The summed E-state index contributed by atoms with van der Waals surface area (Å²) in [6, 6.07) is 10.1. The molecule has 1 amide bonds. The largest absolute Gasteiger partial charge is 0.493 e. The van der Waals surface area contributed by atoms with Gasteiger partial charge in [-0.25, -0.2) is 4.79 Å². The molecule has 0 spiro atoms. The third kappa shape index (κ3) is 4.79. The molecule has 2 rings (SSSR count). The molecule has 2 aromatic carbocycles. The fraction of sp³-hybridized carbons (Fsp3) is 0.235. The van der Waals surface area contributed by atoms with Crippen molar-refractivity contribution in [2.24, 2.45) is 0 Å². The van der Waals surface area contributed by atoms with Gasteiger partial charge in [-0.2, -0.15) is 8.42 Å². The highest BCUT2D eigenvalue weighted by molar-refractivity contribution is 7.87. The second kappa shape index (κ2) is 8.43. The number of hydrogen-bond donors (Lipinski definition) is 1. The number of benzene rings is 2. The molecule has 0 bridgehead atoms. The summed E-state index contributed by atoms with van der Waals surface area (Å²) in [6.07, 6.45) is -0.646. The van der Waals surface area contributed by atoms with Gasteiger partial charge in [0.2, 0.25) is 0 Å². The molecule has 0 saturated heterocycles. The minimum atomic E-state index is -4.11. The average Bonchev–Trinajstić information content (AvgIpc) is 2.61. The fourth-order valence-electron chi connectivity index (χ4n) is 2.06. The number of carbonyl (C=O) groups excluding carboxylic acids is 1. The SMILES string of the molecule is CCOC(=O)Nc1cccc(OS(=O)(=O)c2ccc(OC)c(OC)c2)c1. The van der Waals surface area contributed by atoms with Gasteiger partial charge in [0.25, 0.3) is 0 Å². The minimum Gasteiger partial charge on any atom is -0.493 e. The highest BCUT2D eigenvalue weighted by atomic mass is 32.2. The summed E-state index contributed by atoms with van der Waals surface area (Å²) in [5.74, 6) is 0.691. The molecular formula is C17H19NO7S. The van der Waals surface area contributed by atoms with Crippen molar-refractivity contribution in [2.75, 3.05) is 26.1 Å². The molecule has 26 heavy (non-hydrogen) atoms. The van der Waals surface area contributed by atoms with Gasteiger partial charge in [-0.3, -0.25) is 5.32 Å². The van der Waals surface area contributed by atoms with Gasteiger partial charge in [-0.05, 0) is 31.2 Å². The van der Waals surface area contributed by atoms with Crippen LogP contribution in [0.3, 0.4) is 0 Å². The molecule has 0 fully saturated rings. The minimum absolute atomic E-state index is 0.0362. The van der Waals surface area contributed by atoms with Crippen LogP contribution >= 0.6 is 0 Å². The molecule has 0 radical (unpaired) electrons. The summed E-state index contributed by atoms with van der Waals surface area (Å²) in [6.45, 7) is 1.89. The van der Waals surface area contributed by atoms with Crippen LogP contribution in [0.4, 0.5) is 10.5 Å². The zero-order valence-corrected chi connectivity index (χ0v) is 15.3. The van der Waals surface area contributed by atoms with Crippen molar-refractivity contribution in [3.8, 4) is 17.2 Å². The van der Waals surface area contributed by atoms with E-state index in [0.717, 1.165) is 0 Å². The fourth-order valence-corrected chi connectivity index (χ4v) is 3.00. The number of methoxy groups -OCH3 is 2. The Bertz CT molecular complexity index is 880. The predicted molar refractivity (Wildman–Crippen MR) is 94.4 cm³/mol. The molecule has 0 heterocycles. The van der Waals surface area contributed by atoms with Crippen molar-refractivity contribution in [1.82, 2.24) is 0 Å². The third-order valence-corrected chi connectivity index (χ3v) is 4.45. The number of amides is 1. The van der Waals surface area contributed by atoms with E-state index < -0.39 is 16.2 Å². The monoisotopic (exact) mass is 381 g/mol. The van der Waals surface area contributed by atoms with Crippen LogP contribution in [0.25, 0.3) is 0 Å². The topological polar surface area (TPSA) is 100 Å². The number of hydrogen-bond acceptors (Lipinski definition) is 7. The molecule has 9 heteroatoms. The number of carbonyl (C=O) groups is 1. The maximum absolute atomic E-state index is 12.5. The molecule has 2 aromatic rings. The summed E-state index contributed by atoms with van der Waals surface area (Å²) < 4.78 is 45.0. The van der Waals surface area contributed by atoms with Crippen LogP contribution in [0.15, 0.2) is 47.4 Å². The number of anilines is 1. The van der Waals surface area contributed by atoms with E-state index in [-0.39, 0.29) is 23.0 Å². The van der Waals surface area contributed by atoms with Gasteiger partial charge in [-0.1, -0.05) is 6.07 Å². The van der Waals surface area contributed by atoms with Crippen LogP contribution in [0.1, 0.15) is 6.92 Å². The summed E-state index contributed by atoms with van der Waals surface area (Å²) in [7, 11) is -1.25. The lowest BCUT2D eigenvalue weighted by molar-refractivity contribution is 0.168. The zero-order chi connectivity index (χ0) is 19.2. The van der Waals surface area contributed by atoms with Gasteiger partial charge < -0.3 is 18.4 Å². The van der Waals surface area contributed by atoms with E-state index in [0.29, 0.717) is 11.4 Å². The number of rotatable bonds is 7. The van der Waals surface area contributed by atoms with E-state index in [1.165, 1.54) is 44.6 Å². The molecule has 0 atom stereocenters. The Morgan fingerprint density at radius 3 is 2.42 bits per heavy atom. The van der Waals surface area contributed by atoms with Crippen LogP contribution in [0.2, 0.25) is 0 Å². The normalized spacial score (nSPS) is 10.7. The molecule has 0 unspecified atom stereocenters. The van der Waals surface area contributed by atoms with E-state index in [2.05, 4.69) is 5.32 Å². The Hall–Kier alpha value is -2.94. The van der Waals surface area contributed by atoms with E-state index >= 15 is 0 Å². The van der Waals surface area contributed by atoms with Crippen molar-refractivity contribution in [3.63, 3.8) is 0 Å². The predicted octanol–water partition coefficient (Wildman–Crippen LogP) is 3.04. The first-order valence-electron chi connectivity index (χ1n) is 7.60. The quantitative estimate of drug-likeness (QED) is 0.736. The van der Waals surface area contributed by atoms with Crippen molar-refractivity contribution < 1.29 is 31.6 Å². The molecular weight excluding hydrogens is 362 g/mol. The highest BCUT2D eigenvalue weighted by Gasteiger charge is 2.19. The van der Waals surface area contributed by atoms with E-state index in [1.807, 2.05) is 0 Å². The molecule has 0 aliphatic rings. The molecule has 0 saturated carbocycles. The van der Waals surface area contributed by atoms with Gasteiger partial charge in [0.05, 0.1) is 20.8 Å². The molecule has 0 aromatic heterocycles. The smallest absolute Gasteiger partial charge is 0.411 e. The van der Waals surface area contributed by atoms with Crippen molar-refractivity contribution in [3.05, 3.63) is 42.5 Å². The Morgan fingerprint density at radius 1 is 1.04 bits per heavy atom. The van der Waals surface area contributed by atoms with Crippen molar-refractivity contribution >= 4 is 21.9 Å². The van der Waals surface area contributed by atoms with Crippen LogP contribution < -0.4 is 19.0 Å². The average molecular weight is 381 g/mol. The Balaban J connectivity index is 2.23. The second-order valence-electron chi connectivity index (χ2n) is 4.93. The van der Waals surface area contributed by atoms with Gasteiger partial charge in [0, 0.05) is 17.8 Å². The van der Waals surface area contributed by atoms with Gasteiger partial charge in [0.15, 0.2) is 11.5 Å². The Labute approximate surface area is 151 Å². The number of ether oxygens (including phenoxy) is 3. The lowest BCUT2D eigenvalue weighted by Crippen LogP contribution is -2.14. The lowest BCUT2D eigenvalue weighted by Gasteiger charge is -2.11. The highest BCUT2D eigenvalue weighted by Crippen LogP contribution is 2.31. The standard InChI is InChI=1S/C17H19NO7S/c1-4-24-17(19)18-12-6-5-7-13(10-12)25-26(20,21)14-8-9-15(22-2)16(11-14)23-3/h5-11H,4H2,1-3H3,(H,18,19). The lowest BCUT2D eigenvalue weighted by atomic mass is 10.3. The summed E-state index contributed by atoms with van der Waals surface area (Å²) >= 11 is 0. The van der Waals surface area contributed by atoms with Crippen LogP contribution in [-0.2, 0) is 14.9 Å². The second-order valence-corrected chi connectivity index (χ2v) is 6.47. The summed E-state index contributed by atoms with van der Waals surface area (Å²) in [4.78, 5) is 11.3. The van der Waals surface area contributed by atoms with Gasteiger partial charge in [0.1, 0.15) is 10.6 Å². The zero-order valence-electron chi connectivity index (χ0n) is 14.5. The Morgan fingerprint density at radius 2 is 1.77 bits per heavy atom. The summed E-state index contributed by atoms with van der Waals surface area (Å²) in [5.41, 5.74) is 0.337. The Kier molecular flexibility index (Phi) is 6.29. The molecule has 1 N–H and O–H groups in total. The summed E-state index contributed by atoms with van der Waals surface area (Å²) in [5, 5.41) is 2.47. The van der Waals surface area contributed by atoms with Crippen molar-refractivity contribution in [1.29, 1.82) is 0 Å². The first kappa shape index (κ1) is 19.4. The molecule has 8 nitrogen and oxygen atoms in total. The first-order valence-corrected chi connectivity index (χ1v) is 9.00. The van der Waals surface area contributed by atoms with E-state index in [4.69, 9.17) is 18.4 Å². The van der Waals surface area contributed by atoms with Gasteiger partial charge in [-0.15, -0.1) is 0 Å². The van der Waals surface area contributed by atoms with Crippen LogP contribution in [-0.4, -0.2) is 35.3 Å². The maximum Gasteiger partial charge on any atom is 0.411 e. The third-order valence-electron chi connectivity index (χ3n) is 3.21. The molecule has 0 aliphatic carbocycles. The van der Waals surface area contributed by atoms with Crippen molar-refractivity contribution in [2.45, 2.75) is 11.8 Å². The molecule has 140 valence electrons. The molecule has 0 aliphatic heterocycles. The van der Waals surface area contributed by atoms with Crippen LogP contribution in [0.5, 0.6) is 17.2 Å². The van der Waals surface area contributed by atoms with E-state index in [9.17, 15) is 13.2 Å². The number of nitrogens with one attached hydrogen (secondary N) is 1. The first-order chi connectivity index (χ1) is 12.4. The van der Waals surface area contributed by atoms with Gasteiger partial charge >= 0.3 is 16.2 Å². The van der Waals surface area contributed by atoms with E-state index in [1.54, 1.807) is 19.1 Å².